The van der Waals surface area contributed by atoms with Crippen LogP contribution in [0, 0.1) is 0 Å². The van der Waals surface area contributed by atoms with Crippen molar-refractivity contribution in [2.24, 2.45) is 0 Å². The standard InChI is InChI=1S/C9H11ClN2O/c1-2-12-9(13)8-6(10)4-3-5-7(8)11/h3-5H,2,11H2,1H3,(H,12,13). The lowest BCUT2D eigenvalue weighted by Crippen LogP contribution is -2.24. The number of carbonyl (C=O) groups is 1. The smallest absolute Gasteiger partial charge is 0.254 e. The molecule has 0 spiro atoms. The minimum Gasteiger partial charge on any atom is -0.398 e. The molecule has 0 heterocycles. The number of benzene rings is 1. The molecule has 0 aliphatic heterocycles. The molecule has 0 aliphatic carbocycles. The van der Waals surface area contributed by atoms with Gasteiger partial charge in [0.15, 0.2) is 0 Å². The highest BCUT2D eigenvalue weighted by atomic mass is 35.5. The molecule has 0 aliphatic rings. The van der Waals surface area contributed by atoms with E-state index in [1.807, 2.05) is 6.92 Å². The van der Waals surface area contributed by atoms with E-state index < -0.39 is 0 Å². The van der Waals surface area contributed by atoms with E-state index in [4.69, 9.17) is 17.3 Å². The van der Waals surface area contributed by atoms with Gasteiger partial charge in [0.2, 0.25) is 0 Å². The Morgan fingerprint density at radius 3 is 2.85 bits per heavy atom. The number of halogens is 1. The van der Waals surface area contributed by atoms with Gasteiger partial charge in [-0.25, -0.2) is 0 Å². The largest absolute Gasteiger partial charge is 0.398 e. The van der Waals surface area contributed by atoms with Crippen LogP contribution < -0.4 is 11.1 Å². The normalized spacial score (nSPS) is 9.69. The molecule has 3 N–H and O–H groups in total. The zero-order chi connectivity index (χ0) is 9.84. The minimum atomic E-state index is -0.231. The summed E-state index contributed by atoms with van der Waals surface area (Å²) in [6.07, 6.45) is 0. The summed E-state index contributed by atoms with van der Waals surface area (Å²) in [7, 11) is 0. The average Bonchev–Trinajstić information content (AvgIpc) is 2.04. The molecule has 70 valence electrons. The van der Waals surface area contributed by atoms with Gasteiger partial charge in [-0.05, 0) is 19.1 Å². The van der Waals surface area contributed by atoms with Crippen molar-refractivity contribution in [1.29, 1.82) is 0 Å². The van der Waals surface area contributed by atoms with E-state index in [1.54, 1.807) is 18.2 Å². The Kier molecular flexibility index (Phi) is 3.14. The Morgan fingerprint density at radius 2 is 2.31 bits per heavy atom. The van der Waals surface area contributed by atoms with Gasteiger partial charge in [0.05, 0.1) is 10.6 Å². The molecule has 0 saturated carbocycles. The van der Waals surface area contributed by atoms with Crippen LogP contribution in [0.25, 0.3) is 0 Å². The van der Waals surface area contributed by atoms with Gasteiger partial charge < -0.3 is 11.1 Å². The topological polar surface area (TPSA) is 55.1 Å². The average molecular weight is 199 g/mol. The first kappa shape index (κ1) is 9.86. The van der Waals surface area contributed by atoms with Crippen molar-refractivity contribution in [3.05, 3.63) is 28.8 Å². The van der Waals surface area contributed by atoms with Crippen LogP contribution in [0.4, 0.5) is 5.69 Å². The van der Waals surface area contributed by atoms with Gasteiger partial charge in [0, 0.05) is 12.2 Å². The second-order valence-corrected chi connectivity index (χ2v) is 2.97. The molecule has 4 heteroatoms. The fraction of sp³-hybridized carbons (Fsp3) is 0.222. The van der Waals surface area contributed by atoms with Gasteiger partial charge in [0.1, 0.15) is 0 Å². The van der Waals surface area contributed by atoms with E-state index in [1.165, 1.54) is 0 Å². The van der Waals surface area contributed by atoms with Crippen molar-refractivity contribution in [3.63, 3.8) is 0 Å². The number of hydrogen-bond acceptors (Lipinski definition) is 2. The second kappa shape index (κ2) is 4.14. The number of amides is 1. The summed E-state index contributed by atoms with van der Waals surface area (Å²) in [6.45, 7) is 2.40. The van der Waals surface area contributed by atoms with Gasteiger partial charge in [-0.3, -0.25) is 4.79 Å². The Hall–Kier alpha value is -1.22. The summed E-state index contributed by atoms with van der Waals surface area (Å²) in [4.78, 5) is 11.4. The molecule has 0 unspecified atom stereocenters. The predicted molar refractivity (Wildman–Crippen MR) is 53.9 cm³/mol. The Labute approximate surface area is 81.9 Å². The maximum atomic E-state index is 11.4. The van der Waals surface area contributed by atoms with E-state index in [-0.39, 0.29) is 5.91 Å². The number of nitrogens with one attached hydrogen (secondary N) is 1. The van der Waals surface area contributed by atoms with Gasteiger partial charge >= 0.3 is 0 Å². The maximum absolute atomic E-state index is 11.4. The highest BCUT2D eigenvalue weighted by Crippen LogP contribution is 2.21. The van der Waals surface area contributed by atoms with E-state index >= 15 is 0 Å². The summed E-state index contributed by atoms with van der Waals surface area (Å²) in [5.74, 6) is -0.231. The second-order valence-electron chi connectivity index (χ2n) is 2.56. The van der Waals surface area contributed by atoms with Crippen molar-refractivity contribution >= 4 is 23.2 Å². The van der Waals surface area contributed by atoms with Gasteiger partial charge in [-0.1, -0.05) is 17.7 Å². The van der Waals surface area contributed by atoms with Crippen LogP contribution in [0.2, 0.25) is 5.02 Å². The molecule has 0 atom stereocenters. The predicted octanol–water partition coefficient (Wildman–Crippen LogP) is 1.67. The Morgan fingerprint density at radius 1 is 1.62 bits per heavy atom. The molecule has 0 bridgehead atoms. The van der Waals surface area contributed by atoms with Crippen LogP contribution in [0.5, 0.6) is 0 Å². The zero-order valence-corrected chi connectivity index (χ0v) is 8.06. The highest BCUT2D eigenvalue weighted by molar-refractivity contribution is 6.34. The molecule has 1 aromatic carbocycles. The molecule has 0 radical (unpaired) electrons. The fourth-order valence-electron chi connectivity index (χ4n) is 1.03. The first-order valence-corrected chi connectivity index (χ1v) is 4.36. The third-order valence-electron chi connectivity index (χ3n) is 1.61. The lowest BCUT2D eigenvalue weighted by Gasteiger charge is -2.06. The van der Waals surface area contributed by atoms with E-state index in [2.05, 4.69) is 5.32 Å². The molecular formula is C9H11ClN2O. The van der Waals surface area contributed by atoms with Crippen LogP contribution in [0.1, 0.15) is 17.3 Å². The zero-order valence-electron chi connectivity index (χ0n) is 7.30. The summed E-state index contributed by atoms with van der Waals surface area (Å²) in [5, 5.41) is 3.02. The number of anilines is 1. The van der Waals surface area contributed by atoms with Crippen LogP contribution in [0.3, 0.4) is 0 Å². The molecule has 1 aromatic rings. The van der Waals surface area contributed by atoms with E-state index in [0.717, 1.165) is 0 Å². The number of carbonyl (C=O) groups excluding carboxylic acids is 1. The third kappa shape index (κ3) is 2.12. The molecule has 0 saturated heterocycles. The lowest BCUT2D eigenvalue weighted by atomic mass is 10.1. The number of nitrogens with two attached hydrogens (primary N) is 1. The number of hydrogen-bond donors (Lipinski definition) is 2. The van der Waals surface area contributed by atoms with Gasteiger partial charge in [-0.15, -0.1) is 0 Å². The lowest BCUT2D eigenvalue weighted by molar-refractivity contribution is 0.0957. The van der Waals surface area contributed by atoms with Crippen LogP contribution in [0.15, 0.2) is 18.2 Å². The summed E-state index contributed by atoms with van der Waals surface area (Å²) >= 11 is 5.82. The van der Waals surface area contributed by atoms with Crippen LogP contribution in [-0.4, -0.2) is 12.5 Å². The molecular weight excluding hydrogens is 188 g/mol. The van der Waals surface area contributed by atoms with Crippen molar-refractivity contribution in [2.75, 3.05) is 12.3 Å². The fourth-order valence-corrected chi connectivity index (χ4v) is 1.30. The van der Waals surface area contributed by atoms with Crippen molar-refractivity contribution in [1.82, 2.24) is 5.32 Å². The summed E-state index contributed by atoms with van der Waals surface area (Å²) in [5.41, 5.74) is 6.36. The van der Waals surface area contributed by atoms with Gasteiger partial charge in [0.25, 0.3) is 5.91 Å². The number of nitrogen functional groups attached to an aromatic ring is 1. The van der Waals surface area contributed by atoms with Crippen molar-refractivity contribution in [3.8, 4) is 0 Å². The molecule has 0 aromatic heterocycles. The molecule has 1 rings (SSSR count). The first-order valence-electron chi connectivity index (χ1n) is 3.99. The Bertz CT molecular complexity index is 305. The monoisotopic (exact) mass is 198 g/mol. The summed E-state index contributed by atoms with van der Waals surface area (Å²) in [6, 6.07) is 5.00. The van der Waals surface area contributed by atoms with Gasteiger partial charge in [-0.2, -0.15) is 0 Å². The molecule has 3 nitrogen and oxygen atoms in total. The highest BCUT2D eigenvalue weighted by Gasteiger charge is 2.11. The van der Waals surface area contributed by atoms with E-state index in [0.29, 0.717) is 22.8 Å². The minimum absolute atomic E-state index is 0.231. The van der Waals surface area contributed by atoms with Crippen LogP contribution >= 0.6 is 11.6 Å². The van der Waals surface area contributed by atoms with Crippen molar-refractivity contribution in [2.45, 2.75) is 6.92 Å². The molecule has 0 fully saturated rings. The number of rotatable bonds is 2. The maximum Gasteiger partial charge on any atom is 0.254 e. The van der Waals surface area contributed by atoms with E-state index in [9.17, 15) is 4.79 Å². The van der Waals surface area contributed by atoms with Crippen molar-refractivity contribution < 1.29 is 4.79 Å². The SMILES string of the molecule is CCNC(=O)c1c(N)cccc1Cl. The molecule has 1 amide bonds. The third-order valence-corrected chi connectivity index (χ3v) is 1.93. The summed E-state index contributed by atoms with van der Waals surface area (Å²) < 4.78 is 0. The molecule has 13 heavy (non-hydrogen) atoms. The Balaban J connectivity index is 3.05. The van der Waals surface area contributed by atoms with Crippen LogP contribution in [-0.2, 0) is 0 Å². The quantitative estimate of drug-likeness (QED) is 0.711. The first-order chi connectivity index (χ1) is 6.16.